The minimum atomic E-state index is -1.56. The number of hydrogen-bond acceptors (Lipinski definition) is 8. The zero-order valence-electron chi connectivity index (χ0n) is 16.9. The Morgan fingerprint density at radius 3 is 2.45 bits per heavy atom. The number of methoxy groups -OCH3 is 1. The van der Waals surface area contributed by atoms with Crippen LogP contribution in [0.25, 0.3) is 0 Å². The van der Waals surface area contributed by atoms with Crippen molar-refractivity contribution in [3.05, 3.63) is 65.2 Å². The molecular formula is C23H24O8. The van der Waals surface area contributed by atoms with Crippen LogP contribution >= 0.6 is 0 Å². The smallest absolute Gasteiger partial charge is 0.462 e. The third kappa shape index (κ3) is 5.54. The Morgan fingerprint density at radius 1 is 1.06 bits per heavy atom. The monoisotopic (exact) mass is 428 g/mol. The first-order chi connectivity index (χ1) is 14.9. The SMILES string of the molecule is C#Cc1ccc(Cc2ccccc2O[C@@H]2O[C@H](COC(=O)OC)[C@@H](O)[C@H](O)[C@H]2O)cc1. The maximum atomic E-state index is 11.2. The number of ether oxygens (including phenoxy) is 4. The summed E-state index contributed by atoms with van der Waals surface area (Å²) < 4.78 is 20.6. The zero-order chi connectivity index (χ0) is 22.4. The van der Waals surface area contributed by atoms with Crippen LogP contribution in [0.3, 0.4) is 0 Å². The molecule has 1 aliphatic rings. The van der Waals surface area contributed by atoms with Gasteiger partial charge in [-0.05, 0) is 29.3 Å². The fraction of sp³-hybridized carbons (Fsp3) is 0.348. The first-order valence-corrected chi connectivity index (χ1v) is 9.63. The molecule has 2 aromatic carbocycles. The van der Waals surface area contributed by atoms with E-state index >= 15 is 0 Å². The van der Waals surface area contributed by atoms with Gasteiger partial charge < -0.3 is 34.3 Å². The van der Waals surface area contributed by atoms with Gasteiger partial charge in [-0.25, -0.2) is 4.79 Å². The molecule has 3 N–H and O–H groups in total. The Balaban J connectivity index is 1.74. The molecule has 8 heteroatoms. The van der Waals surface area contributed by atoms with Crippen LogP contribution in [0.5, 0.6) is 5.75 Å². The number of rotatable bonds is 6. The number of benzene rings is 2. The Morgan fingerprint density at radius 2 is 1.77 bits per heavy atom. The normalized spacial score (nSPS) is 25.3. The van der Waals surface area contributed by atoms with E-state index in [1.54, 1.807) is 12.1 Å². The molecule has 1 fully saturated rings. The molecule has 0 bridgehead atoms. The first kappa shape index (κ1) is 22.6. The van der Waals surface area contributed by atoms with Crippen molar-refractivity contribution in [2.24, 2.45) is 0 Å². The molecule has 2 aromatic rings. The second-order valence-corrected chi connectivity index (χ2v) is 7.02. The zero-order valence-corrected chi connectivity index (χ0v) is 16.9. The van der Waals surface area contributed by atoms with E-state index in [1.807, 2.05) is 36.4 Å². The van der Waals surface area contributed by atoms with Crippen molar-refractivity contribution in [1.82, 2.24) is 0 Å². The fourth-order valence-electron chi connectivity index (χ4n) is 3.19. The molecule has 1 saturated heterocycles. The Labute approximate surface area is 179 Å². The molecule has 8 nitrogen and oxygen atoms in total. The third-order valence-corrected chi connectivity index (χ3v) is 4.93. The highest BCUT2D eigenvalue weighted by molar-refractivity contribution is 5.59. The summed E-state index contributed by atoms with van der Waals surface area (Å²) in [5.74, 6) is 3.00. The summed E-state index contributed by atoms with van der Waals surface area (Å²) in [6.07, 6.45) is -2.02. The van der Waals surface area contributed by atoms with E-state index < -0.39 is 36.9 Å². The molecule has 0 unspecified atom stereocenters. The van der Waals surface area contributed by atoms with E-state index in [0.29, 0.717) is 12.2 Å². The maximum absolute atomic E-state index is 11.2. The average molecular weight is 428 g/mol. The van der Waals surface area contributed by atoms with Gasteiger partial charge in [0.25, 0.3) is 0 Å². The molecule has 0 aromatic heterocycles. The van der Waals surface area contributed by atoms with Crippen molar-refractivity contribution in [3.63, 3.8) is 0 Å². The van der Waals surface area contributed by atoms with Gasteiger partial charge in [0.1, 0.15) is 36.8 Å². The van der Waals surface area contributed by atoms with Crippen molar-refractivity contribution >= 4 is 6.16 Å². The minimum Gasteiger partial charge on any atom is -0.462 e. The van der Waals surface area contributed by atoms with Gasteiger partial charge in [0.15, 0.2) is 0 Å². The van der Waals surface area contributed by atoms with Gasteiger partial charge in [-0.15, -0.1) is 6.42 Å². The van der Waals surface area contributed by atoms with Crippen LogP contribution in [0.4, 0.5) is 4.79 Å². The summed E-state index contributed by atoms with van der Waals surface area (Å²) in [7, 11) is 1.14. The van der Waals surface area contributed by atoms with Crippen LogP contribution in [-0.4, -0.2) is 65.9 Å². The van der Waals surface area contributed by atoms with E-state index in [0.717, 1.165) is 23.8 Å². The summed E-state index contributed by atoms with van der Waals surface area (Å²) >= 11 is 0. The van der Waals surface area contributed by atoms with Crippen LogP contribution in [-0.2, 0) is 20.6 Å². The molecule has 164 valence electrons. The minimum absolute atomic E-state index is 0.388. The van der Waals surface area contributed by atoms with Crippen molar-refractivity contribution in [2.45, 2.75) is 37.1 Å². The molecule has 0 aliphatic carbocycles. The predicted octanol–water partition coefficient (Wildman–Crippen LogP) is 1.23. The molecule has 5 atom stereocenters. The van der Waals surface area contributed by atoms with E-state index in [9.17, 15) is 20.1 Å². The lowest BCUT2D eigenvalue weighted by atomic mass is 9.99. The standard InChI is InChI=1S/C23H24O8/c1-3-14-8-10-15(11-9-14)12-16-6-4-5-7-17(16)30-22-21(26)20(25)19(24)18(31-22)13-29-23(27)28-2/h1,4-11,18-22,24-26H,12-13H2,2H3/t18-,19-,20+,21-,22-/m1/s1. The lowest BCUT2D eigenvalue weighted by molar-refractivity contribution is -0.277. The van der Waals surface area contributed by atoms with Crippen molar-refractivity contribution in [3.8, 4) is 18.1 Å². The second kappa shape index (κ2) is 10.3. The molecule has 1 aliphatic heterocycles. The summed E-state index contributed by atoms with van der Waals surface area (Å²) in [5.41, 5.74) is 2.59. The van der Waals surface area contributed by atoms with Crippen molar-refractivity contribution in [1.29, 1.82) is 0 Å². The van der Waals surface area contributed by atoms with Gasteiger partial charge >= 0.3 is 6.16 Å². The number of carbonyl (C=O) groups excluding carboxylic acids is 1. The van der Waals surface area contributed by atoms with Gasteiger partial charge in [-0.2, -0.15) is 0 Å². The lowest BCUT2D eigenvalue weighted by Crippen LogP contribution is -2.60. The summed E-state index contributed by atoms with van der Waals surface area (Å²) in [5, 5.41) is 30.7. The number of terminal acetylenes is 1. The van der Waals surface area contributed by atoms with Crippen molar-refractivity contribution < 1.29 is 39.1 Å². The number of aliphatic hydroxyl groups is 3. The van der Waals surface area contributed by atoms with E-state index in [1.165, 1.54) is 0 Å². The number of carbonyl (C=O) groups is 1. The van der Waals surface area contributed by atoms with Crippen LogP contribution in [0.15, 0.2) is 48.5 Å². The van der Waals surface area contributed by atoms with Crippen LogP contribution in [0, 0.1) is 12.3 Å². The molecular weight excluding hydrogens is 404 g/mol. The topological polar surface area (TPSA) is 115 Å². The largest absolute Gasteiger partial charge is 0.508 e. The number of para-hydroxylation sites is 1. The van der Waals surface area contributed by atoms with E-state index in [-0.39, 0.29) is 6.61 Å². The first-order valence-electron chi connectivity index (χ1n) is 9.63. The van der Waals surface area contributed by atoms with Gasteiger partial charge in [0, 0.05) is 12.0 Å². The predicted molar refractivity (Wildman–Crippen MR) is 109 cm³/mol. The Hall–Kier alpha value is -3.09. The highest BCUT2D eigenvalue weighted by Crippen LogP contribution is 2.28. The molecule has 0 amide bonds. The second-order valence-electron chi connectivity index (χ2n) is 7.02. The summed E-state index contributed by atoms with van der Waals surface area (Å²) in [6.45, 7) is -0.388. The van der Waals surface area contributed by atoms with E-state index in [2.05, 4.69) is 10.7 Å². The number of aliphatic hydroxyl groups excluding tert-OH is 3. The van der Waals surface area contributed by atoms with Crippen LogP contribution in [0.2, 0.25) is 0 Å². The van der Waals surface area contributed by atoms with Gasteiger partial charge in [-0.3, -0.25) is 0 Å². The Kier molecular flexibility index (Phi) is 7.50. The molecule has 0 saturated carbocycles. The van der Waals surface area contributed by atoms with Gasteiger partial charge in [0.2, 0.25) is 6.29 Å². The average Bonchev–Trinajstić information content (AvgIpc) is 2.80. The maximum Gasteiger partial charge on any atom is 0.508 e. The van der Waals surface area contributed by atoms with Gasteiger partial charge in [-0.1, -0.05) is 36.3 Å². The summed E-state index contributed by atoms with van der Waals surface area (Å²) in [4.78, 5) is 11.2. The van der Waals surface area contributed by atoms with Crippen LogP contribution < -0.4 is 4.74 Å². The molecule has 31 heavy (non-hydrogen) atoms. The molecule has 3 rings (SSSR count). The Bertz CT molecular complexity index is 920. The fourth-order valence-corrected chi connectivity index (χ4v) is 3.19. The van der Waals surface area contributed by atoms with Crippen LogP contribution in [0.1, 0.15) is 16.7 Å². The summed E-state index contributed by atoms with van der Waals surface area (Å²) in [6, 6.07) is 14.7. The van der Waals surface area contributed by atoms with E-state index in [4.69, 9.17) is 20.6 Å². The number of hydrogen-bond donors (Lipinski definition) is 3. The molecule has 0 radical (unpaired) electrons. The van der Waals surface area contributed by atoms with Crippen molar-refractivity contribution in [2.75, 3.05) is 13.7 Å². The molecule has 1 heterocycles. The third-order valence-electron chi connectivity index (χ3n) is 4.93. The lowest BCUT2D eigenvalue weighted by Gasteiger charge is -2.40. The highest BCUT2D eigenvalue weighted by Gasteiger charge is 2.45. The highest BCUT2D eigenvalue weighted by atomic mass is 16.7. The molecule has 0 spiro atoms. The van der Waals surface area contributed by atoms with Gasteiger partial charge in [0.05, 0.1) is 7.11 Å². The quantitative estimate of drug-likeness (QED) is 0.465.